The summed E-state index contributed by atoms with van der Waals surface area (Å²) in [5.41, 5.74) is 8.45. The van der Waals surface area contributed by atoms with E-state index in [4.69, 9.17) is 10.5 Å². The van der Waals surface area contributed by atoms with Gasteiger partial charge < -0.3 is 10.5 Å². The van der Waals surface area contributed by atoms with Crippen molar-refractivity contribution >= 4 is 0 Å². The highest BCUT2D eigenvalue weighted by Gasteiger charge is 2.16. The smallest absolute Gasteiger partial charge is 0.0973 e. The molecule has 0 aromatic heterocycles. The number of rotatable bonds is 7. The van der Waals surface area contributed by atoms with Gasteiger partial charge in [-0.25, -0.2) is 0 Å². The minimum atomic E-state index is 0.0201. The third-order valence-electron chi connectivity index (χ3n) is 2.89. The van der Waals surface area contributed by atoms with Gasteiger partial charge in [0.25, 0.3) is 0 Å². The molecule has 0 saturated heterocycles. The number of aryl methyl sites for hydroxylation is 1. The molecule has 0 bridgehead atoms. The van der Waals surface area contributed by atoms with E-state index in [0.29, 0.717) is 0 Å². The van der Waals surface area contributed by atoms with Crippen molar-refractivity contribution in [3.63, 3.8) is 0 Å². The van der Waals surface area contributed by atoms with Crippen LogP contribution in [0.2, 0.25) is 0 Å². The largest absolute Gasteiger partial charge is 0.372 e. The van der Waals surface area contributed by atoms with Gasteiger partial charge in [0, 0.05) is 12.6 Å². The predicted octanol–water partition coefficient (Wildman–Crippen LogP) is 3.59. The number of ether oxygens (including phenoxy) is 1. The lowest BCUT2D eigenvalue weighted by molar-refractivity contribution is 0.0360. The number of hydrogen-bond donors (Lipinski definition) is 1. The van der Waals surface area contributed by atoms with E-state index in [1.54, 1.807) is 0 Å². The van der Waals surface area contributed by atoms with Gasteiger partial charge in [-0.2, -0.15) is 0 Å². The lowest BCUT2D eigenvalue weighted by Gasteiger charge is -2.22. The van der Waals surface area contributed by atoms with Crippen LogP contribution in [0.3, 0.4) is 0 Å². The van der Waals surface area contributed by atoms with Crippen molar-refractivity contribution in [1.82, 2.24) is 0 Å². The molecule has 2 N–H and O–H groups in total. The molecule has 0 fully saturated rings. The minimum absolute atomic E-state index is 0.0201. The third-order valence-corrected chi connectivity index (χ3v) is 2.89. The molecule has 2 heteroatoms. The van der Waals surface area contributed by atoms with Gasteiger partial charge in [-0.05, 0) is 25.8 Å². The van der Waals surface area contributed by atoms with Crippen LogP contribution in [-0.2, 0) is 4.74 Å². The van der Waals surface area contributed by atoms with Crippen LogP contribution in [0, 0.1) is 6.92 Å². The van der Waals surface area contributed by atoms with E-state index in [1.807, 2.05) is 6.92 Å². The van der Waals surface area contributed by atoms with Crippen LogP contribution < -0.4 is 5.73 Å². The van der Waals surface area contributed by atoms with Crippen molar-refractivity contribution in [2.75, 3.05) is 6.61 Å². The number of nitrogens with two attached hydrogens (primary N) is 1. The first-order chi connectivity index (χ1) is 8.15. The first-order valence-electron chi connectivity index (χ1n) is 6.59. The van der Waals surface area contributed by atoms with Crippen molar-refractivity contribution in [2.24, 2.45) is 5.73 Å². The summed E-state index contributed by atoms with van der Waals surface area (Å²) in [5.74, 6) is 0. The van der Waals surface area contributed by atoms with Gasteiger partial charge in [0.05, 0.1) is 6.10 Å². The van der Waals surface area contributed by atoms with Crippen molar-refractivity contribution in [2.45, 2.75) is 52.2 Å². The average Bonchev–Trinajstić information content (AvgIpc) is 2.28. The Bertz CT molecular complexity index is 322. The van der Waals surface area contributed by atoms with Gasteiger partial charge in [0.2, 0.25) is 0 Å². The molecule has 0 aliphatic carbocycles. The summed E-state index contributed by atoms with van der Waals surface area (Å²) in [6.45, 7) is 7.10. The average molecular weight is 235 g/mol. The molecule has 96 valence electrons. The molecule has 0 saturated carbocycles. The molecule has 17 heavy (non-hydrogen) atoms. The van der Waals surface area contributed by atoms with Crippen LogP contribution >= 0.6 is 0 Å². The molecule has 1 aromatic rings. The first kappa shape index (κ1) is 14.2. The van der Waals surface area contributed by atoms with E-state index < -0.39 is 0 Å². The van der Waals surface area contributed by atoms with Crippen LogP contribution in [0.15, 0.2) is 24.3 Å². The summed E-state index contributed by atoms with van der Waals surface area (Å²) in [5, 5.41) is 0. The Balaban J connectivity index is 2.59. The zero-order valence-electron chi connectivity index (χ0n) is 11.3. The molecule has 0 amide bonds. The number of benzene rings is 1. The predicted molar refractivity (Wildman–Crippen MR) is 73.0 cm³/mol. The third kappa shape index (κ3) is 4.88. The van der Waals surface area contributed by atoms with Crippen molar-refractivity contribution < 1.29 is 4.74 Å². The van der Waals surface area contributed by atoms with Crippen LogP contribution in [0.1, 0.15) is 50.3 Å². The van der Waals surface area contributed by atoms with E-state index in [2.05, 4.69) is 38.1 Å². The Kier molecular flexibility index (Phi) is 6.23. The second-order valence-corrected chi connectivity index (χ2v) is 4.77. The summed E-state index contributed by atoms with van der Waals surface area (Å²) in [7, 11) is 0. The Morgan fingerprint density at radius 2 is 2.06 bits per heavy atom. The van der Waals surface area contributed by atoms with E-state index in [1.165, 1.54) is 24.0 Å². The monoisotopic (exact) mass is 235 g/mol. The molecule has 2 unspecified atom stereocenters. The summed E-state index contributed by atoms with van der Waals surface area (Å²) < 4.78 is 5.92. The van der Waals surface area contributed by atoms with Crippen LogP contribution in [0.5, 0.6) is 0 Å². The number of hydrogen-bond acceptors (Lipinski definition) is 2. The highest BCUT2D eigenvalue weighted by Crippen LogP contribution is 2.21. The zero-order valence-corrected chi connectivity index (χ0v) is 11.3. The Labute approximate surface area is 105 Å². The van der Waals surface area contributed by atoms with Crippen LogP contribution in [0.4, 0.5) is 0 Å². The topological polar surface area (TPSA) is 35.2 Å². The quantitative estimate of drug-likeness (QED) is 0.733. The fourth-order valence-corrected chi connectivity index (χ4v) is 1.96. The molecule has 0 radical (unpaired) electrons. The van der Waals surface area contributed by atoms with Gasteiger partial charge in [0.15, 0.2) is 0 Å². The first-order valence-corrected chi connectivity index (χ1v) is 6.59. The van der Waals surface area contributed by atoms with Gasteiger partial charge in [0.1, 0.15) is 0 Å². The van der Waals surface area contributed by atoms with Gasteiger partial charge in [-0.1, -0.05) is 49.6 Å². The van der Waals surface area contributed by atoms with E-state index >= 15 is 0 Å². The SMILES string of the molecule is CCCCCOC(c1cccc(C)c1)C(C)N. The molecular formula is C15H25NO. The standard InChI is InChI=1S/C15H25NO/c1-4-5-6-10-17-15(13(3)16)14-9-7-8-12(2)11-14/h7-9,11,13,15H,4-6,10,16H2,1-3H3. The molecule has 0 spiro atoms. The fourth-order valence-electron chi connectivity index (χ4n) is 1.96. The van der Waals surface area contributed by atoms with Gasteiger partial charge >= 0.3 is 0 Å². The molecule has 2 nitrogen and oxygen atoms in total. The molecule has 1 rings (SSSR count). The molecule has 0 aliphatic rings. The maximum absolute atomic E-state index is 6.01. The second kappa shape index (κ2) is 7.46. The highest BCUT2D eigenvalue weighted by molar-refractivity contribution is 5.25. The Morgan fingerprint density at radius 3 is 2.65 bits per heavy atom. The Morgan fingerprint density at radius 1 is 1.29 bits per heavy atom. The molecule has 1 aromatic carbocycles. The van der Waals surface area contributed by atoms with Crippen LogP contribution in [0.25, 0.3) is 0 Å². The van der Waals surface area contributed by atoms with Crippen molar-refractivity contribution in [3.8, 4) is 0 Å². The molecule has 2 atom stereocenters. The Hall–Kier alpha value is -0.860. The van der Waals surface area contributed by atoms with Gasteiger partial charge in [-0.3, -0.25) is 0 Å². The lowest BCUT2D eigenvalue weighted by atomic mass is 10.0. The van der Waals surface area contributed by atoms with Crippen molar-refractivity contribution in [3.05, 3.63) is 35.4 Å². The molecule has 0 heterocycles. The van der Waals surface area contributed by atoms with Gasteiger partial charge in [-0.15, -0.1) is 0 Å². The van der Waals surface area contributed by atoms with E-state index in [0.717, 1.165) is 13.0 Å². The normalized spacial score (nSPS) is 14.6. The molecule has 0 aliphatic heterocycles. The maximum Gasteiger partial charge on any atom is 0.0973 e. The van der Waals surface area contributed by atoms with E-state index in [9.17, 15) is 0 Å². The second-order valence-electron chi connectivity index (χ2n) is 4.77. The summed E-state index contributed by atoms with van der Waals surface area (Å²) in [6.07, 6.45) is 3.58. The lowest BCUT2D eigenvalue weighted by Crippen LogP contribution is -2.27. The van der Waals surface area contributed by atoms with E-state index in [-0.39, 0.29) is 12.1 Å². The minimum Gasteiger partial charge on any atom is -0.372 e. The fraction of sp³-hybridized carbons (Fsp3) is 0.600. The highest BCUT2D eigenvalue weighted by atomic mass is 16.5. The van der Waals surface area contributed by atoms with Crippen LogP contribution in [-0.4, -0.2) is 12.6 Å². The summed E-state index contributed by atoms with van der Waals surface area (Å²) in [6, 6.07) is 8.45. The summed E-state index contributed by atoms with van der Waals surface area (Å²) in [4.78, 5) is 0. The summed E-state index contributed by atoms with van der Waals surface area (Å²) >= 11 is 0. The van der Waals surface area contributed by atoms with Crippen molar-refractivity contribution in [1.29, 1.82) is 0 Å². The maximum atomic E-state index is 6.01. The molecular weight excluding hydrogens is 210 g/mol. The number of unbranched alkanes of at least 4 members (excludes halogenated alkanes) is 2. The zero-order chi connectivity index (χ0) is 12.7.